The molecule has 0 heterocycles. The van der Waals surface area contributed by atoms with Gasteiger partial charge in [-0.3, -0.25) is 19.2 Å². The smallest absolute Gasteiger partial charge is 0.326 e. The summed E-state index contributed by atoms with van der Waals surface area (Å²) in [6, 6.07) is 4.37. The lowest BCUT2D eigenvalue weighted by molar-refractivity contribution is -0.142. The number of primary amides is 1. The molecule has 5 atom stereocenters. The summed E-state index contributed by atoms with van der Waals surface area (Å²) < 4.78 is 0. The van der Waals surface area contributed by atoms with Gasteiger partial charge >= 0.3 is 5.97 Å². The molecule has 11 nitrogen and oxygen atoms in total. The van der Waals surface area contributed by atoms with Crippen LogP contribution in [0.3, 0.4) is 0 Å². The number of hydrogen-bond acceptors (Lipinski definition) is 6. The fraction of sp³-hybridized carbons (Fsp3) is 0.542. The maximum Gasteiger partial charge on any atom is 0.326 e. The molecule has 0 aliphatic rings. The van der Waals surface area contributed by atoms with Crippen LogP contribution in [-0.4, -0.2) is 58.9 Å². The lowest BCUT2D eigenvalue weighted by Gasteiger charge is -2.29. The number of nitrogens with one attached hydrogen (secondary N) is 3. The van der Waals surface area contributed by atoms with E-state index in [1.54, 1.807) is 51.1 Å². The molecular formula is C24H37N5O6. The summed E-state index contributed by atoms with van der Waals surface area (Å²) in [6.07, 6.45) is 0.219. The summed E-state index contributed by atoms with van der Waals surface area (Å²) in [5.41, 5.74) is 11.5. The standard InChI is InChI=1S/C24H37N5O6/c1-5-14(4)20(23(33)27-17(24(34)35)11-15-9-7-6-8-10-15)29-22(32)19(13(2)3)28-21(31)16(25)12-18(26)30/h6-10,13-14,16-17,19-20H,5,11-12,25H2,1-4H3,(H2,26,30)(H,27,33)(H,28,31)(H,29,32)(H,34,35). The number of carbonyl (C=O) groups excluding carboxylic acids is 4. The molecule has 1 aromatic rings. The molecule has 0 saturated heterocycles. The molecule has 0 aliphatic carbocycles. The van der Waals surface area contributed by atoms with Gasteiger partial charge in [-0.25, -0.2) is 4.79 Å². The first-order valence-electron chi connectivity index (χ1n) is 11.6. The van der Waals surface area contributed by atoms with Gasteiger partial charge in [0.15, 0.2) is 0 Å². The highest BCUT2D eigenvalue weighted by molar-refractivity contribution is 5.95. The van der Waals surface area contributed by atoms with Crippen LogP contribution in [0.4, 0.5) is 0 Å². The van der Waals surface area contributed by atoms with Gasteiger partial charge in [-0.15, -0.1) is 0 Å². The topological polar surface area (TPSA) is 194 Å². The minimum Gasteiger partial charge on any atom is -0.480 e. The van der Waals surface area contributed by atoms with Crippen LogP contribution in [0.2, 0.25) is 0 Å². The third-order valence-electron chi connectivity index (χ3n) is 5.70. The minimum atomic E-state index is -1.22. The van der Waals surface area contributed by atoms with Crippen molar-refractivity contribution >= 4 is 29.6 Å². The fourth-order valence-electron chi connectivity index (χ4n) is 3.36. The second-order valence-electron chi connectivity index (χ2n) is 8.97. The van der Waals surface area contributed by atoms with E-state index < -0.39 is 53.8 Å². The molecule has 0 aromatic heterocycles. The monoisotopic (exact) mass is 491 g/mol. The van der Waals surface area contributed by atoms with Crippen molar-refractivity contribution in [2.45, 2.75) is 71.1 Å². The summed E-state index contributed by atoms with van der Waals surface area (Å²) in [4.78, 5) is 61.3. The van der Waals surface area contributed by atoms with Crippen LogP contribution in [0.25, 0.3) is 0 Å². The van der Waals surface area contributed by atoms with Gasteiger partial charge in [-0.05, 0) is 17.4 Å². The molecular weight excluding hydrogens is 454 g/mol. The second kappa shape index (κ2) is 14.1. The highest BCUT2D eigenvalue weighted by atomic mass is 16.4. The van der Waals surface area contributed by atoms with Gasteiger partial charge in [0.2, 0.25) is 23.6 Å². The number of carboxylic acids is 1. The average Bonchev–Trinajstić information content (AvgIpc) is 2.79. The van der Waals surface area contributed by atoms with Crippen LogP contribution < -0.4 is 27.4 Å². The van der Waals surface area contributed by atoms with Crippen LogP contribution in [0, 0.1) is 11.8 Å². The maximum atomic E-state index is 13.1. The largest absolute Gasteiger partial charge is 0.480 e. The van der Waals surface area contributed by atoms with Crippen molar-refractivity contribution in [1.82, 2.24) is 16.0 Å². The van der Waals surface area contributed by atoms with E-state index in [-0.39, 0.29) is 24.7 Å². The molecule has 0 aliphatic heterocycles. The second-order valence-corrected chi connectivity index (χ2v) is 8.97. The lowest BCUT2D eigenvalue weighted by Crippen LogP contribution is -2.60. The number of carbonyl (C=O) groups is 5. The molecule has 11 heteroatoms. The van der Waals surface area contributed by atoms with Gasteiger partial charge in [-0.1, -0.05) is 64.4 Å². The van der Waals surface area contributed by atoms with E-state index in [0.29, 0.717) is 6.42 Å². The fourth-order valence-corrected chi connectivity index (χ4v) is 3.36. The number of hydrogen-bond donors (Lipinski definition) is 6. The van der Waals surface area contributed by atoms with Gasteiger partial charge in [0.1, 0.15) is 18.1 Å². The van der Waals surface area contributed by atoms with Gasteiger partial charge in [0, 0.05) is 6.42 Å². The molecule has 0 spiro atoms. The van der Waals surface area contributed by atoms with E-state index >= 15 is 0 Å². The van der Waals surface area contributed by atoms with Gasteiger partial charge in [0.05, 0.1) is 12.5 Å². The normalized spacial score (nSPS) is 15.3. The van der Waals surface area contributed by atoms with Crippen molar-refractivity contribution in [2.24, 2.45) is 23.3 Å². The first-order valence-corrected chi connectivity index (χ1v) is 11.6. The Hall–Kier alpha value is -3.47. The summed E-state index contributed by atoms with van der Waals surface area (Å²) >= 11 is 0. The molecule has 35 heavy (non-hydrogen) atoms. The van der Waals surface area contributed by atoms with E-state index in [1.165, 1.54) is 0 Å². The molecule has 1 rings (SSSR count). The Labute approximate surface area is 205 Å². The molecule has 0 radical (unpaired) electrons. The molecule has 0 bridgehead atoms. The Balaban J connectivity index is 3.00. The predicted octanol–water partition coefficient (Wildman–Crippen LogP) is -0.327. The summed E-state index contributed by atoms with van der Waals surface area (Å²) in [5.74, 6) is -4.65. The SMILES string of the molecule is CCC(C)C(NC(=O)C(NC(=O)C(N)CC(N)=O)C(C)C)C(=O)NC(Cc1ccccc1)C(=O)O. The van der Waals surface area contributed by atoms with Crippen molar-refractivity contribution < 1.29 is 29.1 Å². The van der Waals surface area contributed by atoms with E-state index in [4.69, 9.17) is 11.5 Å². The van der Waals surface area contributed by atoms with Gasteiger partial charge in [0.25, 0.3) is 0 Å². The quantitative estimate of drug-likeness (QED) is 0.205. The third-order valence-corrected chi connectivity index (χ3v) is 5.70. The van der Waals surface area contributed by atoms with E-state index in [0.717, 1.165) is 5.56 Å². The Morgan fingerprint density at radius 2 is 1.43 bits per heavy atom. The zero-order chi connectivity index (χ0) is 26.7. The van der Waals surface area contributed by atoms with Crippen molar-refractivity contribution in [3.05, 3.63) is 35.9 Å². The molecule has 4 amide bonds. The predicted molar refractivity (Wildman–Crippen MR) is 130 cm³/mol. The van der Waals surface area contributed by atoms with E-state index in [1.807, 2.05) is 6.92 Å². The van der Waals surface area contributed by atoms with Gasteiger partial charge in [-0.2, -0.15) is 0 Å². The van der Waals surface area contributed by atoms with E-state index in [9.17, 15) is 29.1 Å². The van der Waals surface area contributed by atoms with E-state index in [2.05, 4.69) is 16.0 Å². The number of rotatable bonds is 14. The summed E-state index contributed by atoms with van der Waals surface area (Å²) in [7, 11) is 0. The molecule has 1 aromatic carbocycles. The lowest BCUT2D eigenvalue weighted by atomic mass is 9.95. The molecule has 0 fully saturated rings. The zero-order valence-corrected chi connectivity index (χ0v) is 20.6. The summed E-state index contributed by atoms with van der Waals surface area (Å²) in [5, 5.41) is 17.3. The number of nitrogens with two attached hydrogens (primary N) is 2. The van der Waals surface area contributed by atoms with Gasteiger partial charge < -0.3 is 32.5 Å². The van der Waals surface area contributed by atoms with Crippen molar-refractivity contribution in [1.29, 1.82) is 0 Å². The third kappa shape index (κ3) is 9.73. The van der Waals surface area contributed by atoms with Crippen LogP contribution in [0.1, 0.15) is 46.1 Å². The highest BCUT2D eigenvalue weighted by Crippen LogP contribution is 2.12. The molecule has 0 saturated carbocycles. The highest BCUT2D eigenvalue weighted by Gasteiger charge is 2.34. The first kappa shape index (κ1) is 29.6. The van der Waals surface area contributed by atoms with Crippen LogP contribution >= 0.6 is 0 Å². The number of carboxylic acid groups (broad SMARTS) is 1. The van der Waals surface area contributed by atoms with Crippen molar-refractivity contribution in [3.63, 3.8) is 0 Å². The molecule has 194 valence electrons. The van der Waals surface area contributed by atoms with Crippen molar-refractivity contribution in [2.75, 3.05) is 0 Å². The Bertz CT molecular complexity index is 892. The molecule has 8 N–H and O–H groups in total. The summed E-state index contributed by atoms with van der Waals surface area (Å²) in [6.45, 7) is 6.98. The number of aliphatic carboxylic acids is 1. The Morgan fingerprint density at radius 3 is 1.91 bits per heavy atom. The van der Waals surface area contributed by atoms with Crippen molar-refractivity contribution in [3.8, 4) is 0 Å². The number of benzene rings is 1. The van der Waals surface area contributed by atoms with Crippen LogP contribution in [-0.2, 0) is 30.4 Å². The zero-order valence-electron chi connectivity index (χ0n) is 20.6. The first-order chi connectivity index (χ1) is 16.4. The number of amides is 4. The Morgan fingerprint density at radius 1 is 0.886 bits per heavy atom. The molecule has 5 unspecified atom stereocenters. The Kier molecular flexibility index (Phi) is 11.9. The van der Waals surface area contributed by atoms with Crippen LogP contribution in [0.15, 0.2) is 30.3 Å². The average molecular weight is 492 g/mol. The van der Waals surface area contributed by atoms with Crippen LogP contribution in [0.5, 0.6) is 0 Å². The minimum absolute atomic E-state index is 0.0749. The maximum absolute atomic E-state index is 13.1.